The first-order valence-corrected chi connectivity index (χ1v) is 8.09. The maximum Gasteiger partial charge on any atom is 0.220 e. The molecule has 0 spiro atoms. The second-order valence-corrected chi connectivity index (χ2v) is 6.91. The van der Waals surface area contributed by atoms with E-state index in [1.165, 1.54) is 32.1 Å². The summed E-state index contributed by atoms with van der Waals surface area (Å²) in [5.41, 5.74) is 5.71. The lowest BCUT2D eigenvalue weighted by Crippen LogP contribution is -2.38. The summed E-state index contributed by atoms with van der Waals surface area (Å²) in [6.45, 7) is 5.39. The fourth-order valence-electron chi connectivity index (χ4n) is 3.77. The molecule has 0 aromatic carbocycles. The Balaban J connectivity index is 1.70. The quantitative estimate of drug-likeness (QED) is 0.822. The number of amides is 1. The molecule has 0 heterocycles. The van der Waals surface area contributed by atoms with Crippen LogP contribution in [0.25, 0.3) is 0 Å². The van der Waals surface area contributed by atoms with Crippen LogP contribution in [-0.4, -0.2) is 18.5 Å². The highest BCUT2D eigenvalue weighted by molar-refractivity contribution is 5.76. The summed E-state index contributed by atoms with van der Waals surface area (Å²) in [7, 11) is 0. The van der Waals surface area contributed by atoms with Gasteiger partial charge < -0.3 is 11.1 Å². The minimum absolute atomic E-state index is 0.280. The summed E-state index contributed by atoms with van der Waals surface area (Å²) >= 11 is 0. The van der Waals surface area contributed by atoms with Crippen LogP contribution in [0.1, 0.15) is 58.8 Å². The molecular weight excluding hydrogens is 236 g/mol. The first-order chi connectivity index (χ1) is 9.10. The Hall–Kier alpha value is -0.570. The van der Waals surface area contributed by atoms with Gasteiger partial charge >= 0.3 is 0 Å². The first-order valence-electron chi connectivity index (χ1n) is 8.09. The Morgan fingerprint density at radius 3 is 2.21 bits per heavy atom. The van der Waals surface area contributed by atoms with Crippen LogP contribution in [0.15, 0.2) is 0 Å². The van der Waals surface area contributed by atoms with Gasteiger partial charge in [0.15, 0.2) is 0 Å². The van der Waals surface area contributed by atoms with Gasteiger partial charge in [0.2, 0.25) is 5.91 Å². The van der Waals surface area contributed by atoms with Gasteiger partial charge in [-0.05, 0) is 68.7 Å². The third-order valence-electron chi connectivity index (χ3n) is 5.59. The molecule has 2 rings (SSSR count). The first kappa shape index (κ1) is 14.8. The second kappa shape index (κ2) is 6.74. The Morgan fingerprint density at radius 2 is 1.68 bits per heavy atom. The Labute approximate surface area is 117 Å². The molecule has 2 aliphatic carbocycles. The van der Waals surface area contributed by atoms with E-state index < -0.39 is 0 Å². The molecule has 3 N–H and O–H groups in total. The molecule has 110 valence electrons. The predicted molar refractivity (Wildman–Crippen MR) is 78.6 cm³/mol. The molecule has 0 aliphatic heterocycles. The van der Waals surface area contributed by atoms with Crippen LogP contribution in [0.2, 0.25) is 0 Å². The fraction of sp³-hybridized carbons (Fsp3) is 0.938. The number of carbonyl (C=O) groups is 1. The smallest absolute Gasteiger partial charge is 0.220 e. The zero-order valence-corrected chi connectivity index (χ0v) is 12.5. The maximum absolute atomic E-state index is 12.1. The van der Waals surface area contributed by atoms with Crippen molar-refractivity contribution in [3.63, 3.8) is 0 Å². The minimum Gasteiger partial charge on any atom is -0.353 e. The Bertz CT molecular complexity index is 297. The monoisotopic (exact) mass is 266 g/mol. The number of nitrogens with one attached hydrogen (secondary N) is 1. The second-order valence-electron chi connectivity index (χ2n) is 6.91. The molecule has 2 fully saturated rings. The zero-order valence-electron chi connectivity index (χ0n) is 12.5. The normalized spacial score (nSPS) is 39.2. The maximum atomic E-state index is 12.1. The Kier molecular flexibility index (Phi) is 5.26. The number of nitrogens with two attached hydrogens (primary N) is 1. The summed E-state index contributed by atoms with van der Waals surface area (Å²) in [5.74, 6) is 2.97. The van der Waals surface area contributed by atoms with Gasteiger partial charge in [-0.1, -0.05) is 13.8 Å². The van der Waals surface area contributed by atoms with Crippen molar-refractivity contribution in [2.24, 2.45) is 29.4 Å². The fourth-order valence-corrected chi connectivity index (χ4v) is 3.77. The summed E-state index contributed by atoms with van der Waals surface area (Å²) in [4.78, 5) is 12.1. The summed E-state index contributed by atoms with van der Waals surface area (Å²) in [6.07, 6.45) is 7.95. The van der Waals surface area contributed by atoms with Gasteiger partial charge in [0.1, 0.15) is 0 Å². The van der Waals surface area contributed by atoms with Crippen molar-refractivity contribution in [1.82, 2.24) is 5.32 Å². The Morgan fingerprint density at radius 1 is 1.05 bits per heavy atom. The van der Waals surface area contributed by atoms with Crippen molar-refractivity contribution >= 4 is 5.91 Å². The van der Waals surface area contributed by atoms with Crippen molar-refractivity contribution in [3.05, 3.63) is 0 Å². The molecule has 0 radical (unpaired) electrons. The van der Waals surface area contributed by atoms with Crippen LogP contribution < -0.4 is 11.1 Å². The summed E-state index contributed by atoms with van der Waals surface area (Å²) < 4.78 is 0. The van der Waals surface area contributed by atoms with Gasteiger partial charge in [0.25, 0.3) is 0 Å². The summed E-state index contributed by atoms with van der Waals surface area (Å²) in [6, 6.07) is 0.419. The summed E-state index contributed by atoms with van der Waals surface area (Å²) in [5, 5.41) is 3.27. The largest absolute Gasteiger partial charge is 0.353 e. The molecule has 0 aromatic rings. The molecule has 19 heavy (non-hydrogen) atoms. The van der Waals surface area contributed by atoms with Gasteiger partial charge in [-0.2, -0.15) is 0 Å². The highest BCUT2D eigenvalue weighted by atomic mass is 16.1. The van der Waals surface area contributed by atoms with Gasteiger partial charge in [0, 0.05) is 12.5 Å². The van der Waals surface area contributed by atoms with Crippen molar-refractivity contribution in [2.75, 3.05) is 6.54 Å². The van der Waals surface area contributed by atoms with E-state index in [0.29, 0.717) is 23.8 Å². The third kappa shape index (κ3) is 3.95. The molecule has 1 amide bonds. The van der Waals surface area contributed by atoms with E-state index in [4.69, 9.17) is 5.73 Å². The van der Waals surface area contributed by atoms with Crippen LogP contribution in [0.4, 0.5) is 0 Å². The lowest BCUT2D eigenvalue weighted by Gasteiger charge is -2.28. The third-order valence-corrected chi connectivity index (χ3v) is 5.59. The molecule has 3 nitrogen and oxygen atoms in total. The standard InChI is InChI=1S/C16H30N2O/c1-11-3-8-15(12(11)2)18-16(19)9-13-4-6-14(10-17)7-5-13/h11-15H,3-10,17H2,1-2H3,(H,18,19). The van der Waals surface area contributed by atoms with Crippen molar-refractivity contribution in [2.45, 2.75) is 64.8 Å². The molecule has 3 atom stereocenters. The van der Waals surface area contributed by atoms with Gasteiger partial charge in [-0.3, -0.25) is 4.79 Å². The van der Waals surface area contributed by atoms with E-state index >= 15 is 0 Å². The van der Waals surface area contributed by atoms with Crippen LogP contribution in [-0.2, 0) is 4.79 Å². The predicted octanol–water partition coefficient (Wildman–Crippen LogP) is 2.69. The molecular formula is C16H30N2O. The molecule has 0 saturated heterocycles. The topological polar surface area (TPSA) is 55.1 Å². The van der Waals surface area contributed by atoms with E-state index in [2.05, 4.69) is 19.2 Å². The molecule has 0 bridgehead atoms. The molecule has 3 heteroatoms. The van der Waals surface area contributed by atoms with Gasteiger partial charge in [-0.25, -0.2) is 0 Å². The lowest BCUT2D eigenvalue weighted by molar-refractivity contribution is -0.123. The van der Waals surface area contributed by atoms with Crippen LogP contribution in [0.5, 0.6) is 0 Å². The number of carbonyl (C=O) groups excluding carboxylic acids is 1. The number of hydrogen-bond acceptors (Lipinski definition) is 2. The molecule has 2 saturated carbocycles. The SMILES string of the molecule is CC1CCC(NC(=O)CC2CCC(CN)CC2)C1C. The molecule has 2 aliphatic rings. The number of rotatable bonds is 4. The van der Waals surface area contributed by atoms with E-state index in [0.717, 1.165) is 25.3 Å². The van der Waals surface area contributed by atoms with E-state index in [1.807, 2.05) is 0 Å². The van der Waals surface area contributed by atoms with Crippen LogP contribution in [0, 0.1) is 23.7 Å². The molecule has 0 aromatic heterocycles. The van der Waals surface area contributed by atoms with E-state index in [1.54, 1.807) is 0 Å². The minimum atomic E-state index is 0.280. The average molecular weight is 266 g/mol. The van der Waals surface area contributed by atoms with Gasteiger partial charge in [-0.15, -0.1) is 0 Å². The van der Waals surface area contributed by atoms with Crippen LogP contribution >= 0.6 is 0 Å². The van der Waals surface area contributed by atoms with Crippen LogP contribution in [0.3, 0.4) is 0 Å². The highest BCUT2D eigenvalue weighted by Crippen LogP contribution is 2.32. The number of hydrogen-bond donors (Lipinski definition) is 2. The zero-order chi connectivity index (χ0) is 13.8. The van der Waals surface area contributed by atoms with Crippen molar-refractivity contribution in [1.29, 1.82) is 0 Å². The highest BCUT2D eigenvalue weighted by Gasteiger charge is 2.31. The van der Waals surface area contributed by atoms with E-state index in [9.17, 15) is 4.79 Å². The average Bonchev–Trinajstić information content (AvgIpc) is 2.71. The van der Waals surface area contributed by atoms with E-state index in [-0.39, 0.29) is 5.91 Å². The molecule has 3 unspecified atom stereocenters. The lowest BCUT2D eigenvalue weighted by atomic mass is 9.80. The van der Waals surface area contributed by atoms with Gasteiger partial charge in [0.05, 0.1) is 0 Å². The van der Waals surface area contributed by atoms with Crippen molar-refractivity contribution in [3.8, 4) is 0 Å². The van der Waals surface area contributed by atoms with Crippen molar-refractivity contribution < 1.29 is 4.79 Å².